The first-order valence-corrected chi connectivity index (χ1v) is 3.94. The molecule has 4 heteroatoms. The number of hydrogen-bond donors (Lipinski definition) is 2. The van der Waals surface area contributed by atoms with Gasteiger partial charge in [0.1, 0.15) is 6.42 Å². The summed E-state index contributed by atoms with van der Waals surface area (Å²) in [6.07, 6.45) is -0.447. The normalized spacial score (nSPS) is 12.7. The number of carbonyl (C=O) groups excluding carboxylic acids is 1. The molecular weight excluding hydrogens is 158 g/mol. The summed E-state index contributed by atoms with van der Waals surface area (Å²) in [7, 11) is 0. The third kappa shape index (κ3) is 4.71. The minimum Gasteiger partial charge on any atom is -0.481 e. The summed E-state index contributed by atoms with van der Waals surface area (Å²) < 4.78 is 0. The Hall–Kier alpha value is -1.06. The van der Waals surface area contributed by atoms with Crippen molar-refractivity contribution >= 4 is 11.9 Å². The lowest BCUT2D eigenvalue weighted by Gasteiger charge is -2.16. The van der Waals surface area contributed by atoms with Crippen molar-refractivity contribution in [3.63, 3.8) is 0 Å². The molecule has 1 unspecified atom stereocenters. The molecule has 0 spiro atoms. The zero-order valence-electron chi connectivity index (χ0n) is 7.63. The number of carboxylic acid groups (broad SMARTS) is 1. The molecular formula is C8H15NO3. The zero-order valence-corrected chi connectivity index (χ0v) is 7.63. The topological polar surface area (TPSA) is 66.4 Å². The van der Waals surface area contributed by atoms with Crippen LogP contribution in [0, 0.1) is 5.92 Å². The largest absolute Gasteiger partial charge is 0.481 e. The maximum Gasteiger partial charge on any atom is 0.312 e. The van der Waals surface area contributed by atoms with E-state index < -0.39 is 18.3 Å². The molecule has 0 fully saturated rings. The summed E-state index contributed by atoms with van der Waals surface area (Å²) in [6, 6.07) is 0.0249. The molecule has 12 heavy (non-hydrogen) atoms. The molecule has 0 radical (unpaired) electrons. The van der Waals surface area contributed by atoms with Crippen molar-refractivity contribution in [1.29, 1.82) is 0 Å². The second-order valence-electron chi connectivity index (χ2n) is 3.17. The van der Waals surface area contributed by atoms with E-state index in [1.807, 2.05) is 20.8 Å². The Bertz CT molecular complexity index is 177. The lowest BCUT2D eigenvalue weighted by atomic mass is 10.1. The van der Waals surface area contributed by atoms with Gasteiger partial charge in [-0.15, -0.1) is 0 Å². The third-order valence-electron chi connectivity index (χ3n) is 1.70. The SMILES string of the molecule is CC(C)C(C)NC(=O)CC(=O)O. The molecule has 0 aliphatic carbocycles. The monoisotopic (exact) mass is 173 g/mol. The van der Waals surface area contributed by atoms with Crippen molar-refractivity contribution in [3.8, 4) is 0 Å². The molecule has 0 aromatic rings. The van der Waals surface area contributed by atoms with Crippen LogP contribution in [0.5, 0.6) is 0 Å². The highest BCUT2D eigenvalue weighted by Crippen LogP contribution is 1.99. The number of rotatable bonds is 4. The molecule has 0 rings (SSSR count). The van der Waals surface area contributed by atoms with Gasteiger partial charge in [-0.1, -0.05) is 13.8 Å². The second-order valence-corrected chi connectivity index (χ2v) is 3.17. The van der Waals surface area contributed by atoms with Crippen molar-refractivity contribution in [3.05, 3.63) is 0 Å². The summed E-state index contributed by atoms with van der Waals surface area (Å²) in [5.41, 5.74) is 0. The van der Waals surface area contributed by atoms with Crippen molar-refractivity contribution in [2.24, 2.45) is 5.92 Å². The van der Waals surface area contributed by atoms with Gasteiger partial charge in [0.2, 0.25) is 5.91 Å². The van der Waals surface area contributed by atoms with E-state index in [2.05, 4.69) is 5.32 Å². The molecule has 0 aliphatic heterocycles. The smallest absolute Gasteiger partial charge is 0.312 e. The maximum absolute atomic E-state index is 10.9. The molecule has 0 saturated carbocycles. The average molecular weight is 173 g/mol. The van der Waals surface area contributed by atoms with E-state index >= 15 is 0 Å². The van der Waals surface area contributed by atoms with Crippen molar-refractivity contribution in [2.75, 3.05) is 0 Å². The van der Waals surface area contributed by atoms with Gasteiger partial charge in [-0.3, -0.25) is 9.59 Å². The Balaban J connectivity index is 3.77. The summed E-state index contributed by atoms with van der Waals surface area (Å²) in [6.45, 7) is 5.78. The van der Waals surface area contributed by atoms with E-state index in [1.165, 1.54) is 0 Å². The number of nitrogens with one attached hydrogen (secondary N) is 1. The van der Waals surface area contributed by atoms with E-state index in [-0.39, 0.29) is 6.04 Å². The van der Waals surface area contributed by atoms with Crippen molar-refractivity contribution < 1.29 is 14.7 Å². The molecule has 0 aromatic carbocycles. The minimum absolute atomic E-state index is 0.0249. The Kier molecular flexibility index (Phi) is 4.33. The lowest BCUT2D eigenvalue weighted by molar-refractivity contribution is -0.140. The summed E-state index contributed by atoms with van der Waals surface area (Å²) >= 11 is 0. The van der Waals surface area contributed by atoms with E-state index in [1.54, 1.807) is 0 Å². The molecule has 70 valence electrons. The maximum atomic E-state index is 10.9. The van der Waals surface area contributed by atoms with Gasteiger partial charge in [0, 0.05) is 6.04 Å². The van der Waals surface area contributed by atoms with E-state index in [4.69, 9.17) is 5.11 Å². The summed E-state index contributed by atoms with van der Waals surface area (Å²) in [5, 5.41) is 10.9. The standard InChI is InChI=1S/C8H15NO3/c1-5(2)6(3)9-7(10)4-8(11)12/h5-6H,4H2,1-3H3,(H,9,10)(H,11,12). The average Bonchev–Trinajstić information content (AvgIpc) is 1.84. The van der Waals surface area contributed by atoms with Crippen LogP contribution in [0.2, 0.25) is 0 Å². The van der Waals surface area contributed by atoms with Gasteiger partial charge in [-0.05, 0) is 12.8 Å². The van der Waals surface area contributed by atoms with E-state index in [0.29, 0.717) is 5.92 Å². The second kappa shape index (κ2) is 4.74. The van der Waals surface area contributed by atoms with Crippen LogP contribution in [0.25, 0.3) is 0 Å². The highest BCUT2D eigenvalue weighted by molar-refractivity contribution is 5.93. The van der Waals surface area contributed by atoms with Crippen LogP contribution in [0.1, 0.15) is 27.2 Å². The summed E-state index contributed by atoms with van der Waals surface area (Å²) in [4.78, 5) is 21.0. The van der Waals surface area contributed by atoms with Gasteiger partial charge in [-0.25, -0.2) is 0 Å². The third-order valence-corrected chi connectivity index (χ3v) is 1.70. The first-order valence-electron chi connectivity index (χ1n) is 3.94. The van der Waals surface area contributed by atoms with Crippen LogP contribution >= 0.6 is 0 Å². The fraction of sp³-hybridized carbons (Fsp3) is 0.750. The first kappa shape index (κ1) is 10.9. The fourth-order valence-electron chi connectivity index (χ4n) is 0.609. The number of carboxylic acids is 1. The zero-order chi connectivity index (χ0) is 9.72. The molecule has 0 bridgehead atoms. The van der Waals surface area contributed by atoms with Crippen molar-refractivity contribution in [1.82, 2.24) is 5.32 Å². The Morgan fingerprint density at radius 1 is 1.33 bits per heavy atom. The van der Waals surface area contributed by atoms with Crippen LogP contribution in [0.15, 0.2) is 0 Å². The van der Waals surface area contributed by atoms with Gasteiger partial charge in [0.15, 0.2) is 0 Å². The quantitative estimate of drug-likeness (QED) is 0.612. The van der Waals surface area contributed by atoms with E-state index in [9.17, 15) is 9.59 Å². The molecule has 1 atom stereocenters. The molecule has 0 heterocycles. The highest BCUT2D eigenvalue weighted by Gasteiger charge is 2.12. The van der Waals surface area contributed by atoms with E-state index in [0.717, 1.165) is 0 Å². The minimum atomic E-state index is -1.09. The van der Waals surface area contributed by atoms with Gasteiger partial charge in [0.05, 0.1) is 0 Å². The molecule has 2 N–H and O–H groups in total. The Morgan fingerprint density at radius 3 is 2.17 bits per heavy atom. The van der Waals surface area contributed by atoms with Crippen LogP contribution in [0.4, 0.5) is 0 Å². The predicted octanol–water partition coefficient (Wildman–Crippen LogP) is 0.622. The van der Waals surface area contributed by atoms with Gasteiger partial charge in [0.25, 0.3) is 0 Å². The van der Waals surface area contributed by atoms with Gasteiger partial charge < -0.3 is 10.4 Å². The molecule has 4 nitrogen and oxygen atoms in total. The predicted molar refractivity (Wildman–Crippen MR) is 44.7 cm³/mol. The molecule has 0 aromatic heterocycles. The number of amides is 1. The molecule has 1 amide bonds. The number of hydrogen-bond acceptors (Lipinski definition) is 2. The molecule has 0 aliphatic rings. The van der Waals surface area contributed by atoms with Crippen LogP contribution < -0.4 is 5.32 Å². The van der Waals surface area contributed by atoms with Crippen LogP contribution in [-0.4, -0.2) is 23.0 Å². The van der Waals surface area contributed by atoms with Crippen molar-refractivity contribution in [2.45, 2.75) is 33.2 Å². The number of aliphatic carboxylic acids is 1. The highest BCUT2D eigenvalue weighted by atomic mass is 16.4. The summed E-state index contributed by atoms with van der Waals surface area (Å²) in [5.74, 6) is -1.20. The fourth-order valence-corrected chi connectivity index (χ4v) is 0.609. The van der Waals surface area contributed by atoms with Crippen LogP contribution in [0.3, 0.4) is 0 Å². The Morgan fingerprint density at radius 2 is 1.83 bits per heavy atom. The molecule has 0 saturated heterocycles. The first-order chi connectivity index (χ1) is 5.43. The van der Waals surface area contributed by atoms with Gasteiger partial charge in [-0.2, -0.15) is 0 Å². The lowest BCUT2D eigenvalue weighted by Crippen LogP contribution is -2.36. The van der Waals surface area contributed by atoms with Crippen LogP contribution in [-0.2, 0) is 9.59 Å². The Labute approximate surface area is 72.0 Å². The van der Waals surface area contributed by atoms with Gasteiger partial charge >= 0.3 is 5.97 Å². The number of carbonyl (C=O) groups is 2.